The summed E-state index contributed by atoms with van der Waals surface area (Å²) in [5, 5.41) is 15.1. The number of aromatic nitrogens is 1. The van der Waals surface area contributed by atoms with E-state index in [9.17, 15) is 9.59 Å². The third-order valence-electron chi connectivity index (χ3n) is 4.45. The molecule has 0 bridgehead atoms. The monoisotopic (exact) mass is 308 g/mol. The van der Waals surface area contributed by atoms with Crippen molar-refractivity contribution >= 4 is 23.2 Å². The summed E-state index contributed by atoms with van der Waals surface area (Å²) in [7, 11) is 0. The van der Waals surface area contributed by atoms with Crippen LogP contribution in [0.2, 0.25) is 0 Å². The Balaban J connectivity index is 1.64. The second-order valence-corrected chi connectivity index (χ2v) is 7.09. The van der Waals surface area contributed by atoms with Crippen LogP contribution in [0, 0.1) is 24.7 Å². The van der Waals surface area contributed by atoms with E-state index in [1.807, 2.05) is 12.3 Å². The summed E-state index contributed by atoms with van der Waals surface area (Å²) < 4.78 is 0. The molecular formula is C15H20N2O3S. The van der Waals surface area contributed by atoms with Gasteiger partial charge < -0.3 is 10.4 Å². The van der Waals surface area contributed by atoms with E-state index in [1.54, 1.807) is 11.3 Å². The molecule has 2 saturated carbocycles. The van der Waals surface area contributed by atoms with Crippen molar-refractivity contribution in [2.75, 3.05) is 0 Å². The topological polar surface area (TPSA) is 79.3 Å². The Kier molecular flexibility index (Phi) is 3.97. The van der Waals surface area contributed by atoms with Crippen molar-refractivity contribution in [1.29, 1.82) is 0 Å². The van der Waals surface area contributed by atoms with Gasteiger partial charge in [0, 0.05) is 17.0 Å². The smallest absolute Gasteiger partial charge is 0.306 e. The highest BCUT2D eigenvalue weighted by Crippen LogP contribution is 2.42. The molecule has 0 aromatic carbocycles. The number of nitrogens with one attached hydrogen (secondary N) is 1. The van der Waals surface area contributed by atoms with Gasteiger partial charge in [-0.1, -0.05) is 0 Å². The molecule has 114 valence electrons. The van der Waals surface area contributed by atoms with Crippen molar-refractivity contribution in [3.63, 3.8) is 0 Å². The lowest BCUT2D eigenvalue weighted by Crippen LogP contribution is -2.34. The minimum atomic E-state index is -0.778. The first-order valence-electron chi connectivity index (χ1n) is 7.50. The van der Waals surface area contributed by atoms with Crippen LogP contribution < -0.4 is 5.32 Å². The summed E-state index contributed by atoms with van der Waals surface area (Å²) in [5.41, 5.74) is 0.988. The summed E-state index contributed by atoms with van der Waals surface area (Å²) in [6, 6.07) is 0.0140. The molecule has 2 aliphatic carbocycles. The number of carboxylic acid groups (broad SMARTS) is 1. The molecule has 2 fully saturated rings. The summed E-state index contributed by atoms with van der Waals surface area (Å²) in [4.78, 5) is 27.9. The third kappa shape index (κ3) is 3.26. The van der Waals surface area contributed by atoms with Gasteiger partial charge in [0.05, 0.1) is 12.0 Å². The SMILES string of the molecule is Cc1csc(C(NC(=O)[C@@H]2CC[C@H](C(=O)O)C2)C2CC2)n1. The van der Waals surface area contributed by atoms with Crippen LogP contribution in [0.25, 0.3) is 0 Å². The third-order valence-corrected chi connectivity index (χ3v) is 5.49. The Morgan fingerprint density at radius 2 is 2.05 bits per heavy atom. The summed E-state index contributed by atoms with van der Waals surface area (Å²) in [6.07, 6.45) is 4.02. The maximum Gasteiger partial charge on any atom is 0.306 e. The first kappa shape index (κ1) is 14.5. The normalized spacial score (nSPS) is 26.5. The van der Waals surface area contributed by atoms with Gasteiger partial charge in [-0.05, 0) is 44.9 Å². The van der Waals surface area contributed by atoms with Crippen LogP contribution in [0.15, 0.2) is 5.38 Å². The average molecular weight is 308 g/mol. The molecule has 2 N–H and O–H groups in total. The van der Waals surface area contributed by atoms with Crippen molar-refractivity contribution < 1.29 is 14.7 Å². The number of hydrogen-bond acceptors (Lipinski definition) is 4. The molecule has 5 nitrogen and oxygen atoms in total. The molecule has 1 unspecified atom stereocenters. The first-order chi connectivity index (χ1) is 10.0. The minimum absolute atomic E-state index is 0.00324. The van der Waals surface area contributed by atoms with Gasteiger partial charge in [0.15, 0.2) is 0 Å². The van der Waals surface area contributed by atoms with Gasteiger partial charge >= 0.3 is 5.97 Å². The molecule has 6 heteroatoms. The van der Waals surface area contributed by atoms with E-state index in [4.69, 9.17) is 5.11 Å². The van der Waals surface area contributed by atoms with Crippen LogP contribution in [0.1, 0.15) is 48.8 Å². The van der Waals surface area contributed by atoms with Gasteiger partial charge in [0.2, 0.25) is 5.91 Å². The van der Waals surface area contributed by atoms with E-state index in [0.717, 1.165) is 23.5 Å². The molecule has 1 amide bonds. The summed E-state index contributed by atoms with van der Waals surface area (Å²) >= 11 is 1.60. The number of rotatable bonds is 5. The molecule has 1 heterocycles. The van der Waals surface area contributed by atoms with Crippen molar-refractivity contribution in [1.82, 2.24) is 10.3 Å². The fraction of sp³-hybridized carbons (Fsp3) is 0.667. The Bertz CT molecular complexity index is 553. The summed E-state index contributed by atoms with van der Waals surface area (Å²) in [6.45, 7) is 1.96. The highest BCUT2D eigenvalue weighted by molar-refractivity contribution is 7.09. The van der Waals surface area contributed by atoms with Gasteiger partial charge in [-0.3, -0.25) is 9.59 Å². The number of hydrogen-bond donors (Lipinski definition) is 2. The number of nitrogens with zero attached hydrogens (tertiary/aromatic N) is 1. The fourth-order valence-electron chi connectivity index (χ4n) is 3.04. The predicted molar refractivity (Wildman–Crippen MR) is 78.9 cm³/mol. The van der Waals surface area contributed by atoms with Crippen LogP contribution in [0.4, 0.5) is 0 Å². The number of aliphatic carboxylic acids is 1. The molecule has 0 spiro atoms. The molecule has 3 atom stereocenters. The number of thiazole rings is 1. The zero-order chi connectivity index (χ0) is 15.0. The second kappa shape index (κ2) is 5.75. The lowest BCUT2D eigenvalue weighted by atomic mass is 10.0. The maximum absolute atomic E-state index is 12.4. The summed E-state index contributed by atoms with van der Waals surface area (Å²) in [5.74, 6) is -0.796. The first-order valence-corrected chi connectivity index (χ1v) is 8.37. The van der Waals surface area contributed by atoms with Gasteiger partial charge in [-0.25, -0.2) is 4.98 Å². The fourth-order valence-corrected chi connectivity index (χ4v) is 3.98. The molecular weight excluding hydrogens is 288 g/mol. The van der Waals surface area contributed by atoms with E-state index in [1.165, 1.54) is 0 Å². The molecule has 0 aliphatic heterocycles. The zero-order valence-electron chi connectivity index (χ0n) is 12.0. The van der Waals surface area contributed by atoms with Gasteiger partial charge in [-0.2, -0.15) is 0 Å². The molecule has 0 radical (unpaired) electrons. The number of carbonyl (C=O) groups is 2. The lowest BCUT2D eigenvalue weighted by Gasteiger charge is -2.18. The van der Waals surface area contributed by atoms with Gasteiger partial charge in [0.1, 0.15) is 5.01 Å². The van der Waals surface area contributed by atoms with Crippen LogP contribution >= 0.6 is 11.3 Å². The minimum Gasteiger partial charge on any atom is -0.481 e. The Morgan fingerprint density at radius 3 is 2.57 bits per heavy atom. The van der Waals surface area contributed by atoms with Crippen molar-refractivity contribution in [3.05, 3.63) is 16.1 Å². The van der Waals surface area contributed by atoms with Gasteiger partial charge in [-0.15, -0.1) is 11.3 Å². The zero-order valence-corrected chi connectivity index (χ0v) is 12.9. The highest BCUT2D eigenvalue weighted by Gasteiger charge is 2.39. The molecule has 2 aliphatic rings. The molecule has 21 heavy (non-hydrogen) atoms. The average Bonchev–Trinajstić information content (AvgIpc) is 2.98. The van der Waals surface area contributed by atoms with E-state index < -0.39 is 5.97 Å². The number of aryl methyl sites for hydroxylation is 1. The van der Waals surface area contributed by atoms with Crippen molar-refractivity contribution in [3.8, 4) is 0 Å². The van der Waals surface area contributed by atoms with E-state index in [-0.39, 0.29) is 23.8 Å². The van der Waals surface area contributed by atoms with Crippen LogP contribution in [0.5, 0.6) is 0 Å². The second-order valence-electron chi connectivity index (χ2n) is 6.20. The quantitative estimate of drug-likeness (QED) is 0.876. The number of amides is 1. The molecule has 3 rings (SSSR count). The predicted octanol–water partition coefficient (Wildman–Crippen LogP) is 2.52. The number of carboxylic acids is 1. The van der Waals surface area contributed by atoms with Crippen molar-refractivity contribution in [2.24, 2.45) is 17.8 Å². The van der Waals surface area contributed by atoms with Crippen LogP contribution in [-0.2, 0) is 9.59 Å². The highest BCUT2D eigenvalue weighted by atomic mass is 32.1. The Morgan fingerprint density at radius 1 is 1.33 bits per heavy atom. The molecule has 0 saturated heterocycles. The lowest BCUT2D eigenvalue weighted by molar-refractivity contribution is -0.141. The van der Waals surface area contributed by atoms with E-state index >= 15 is 0 Å². The van der Waals surface area contributed by atoms with E-state index in [0.29, 0.717) is 25.2 Å². The standard InChI is InChI=1S/C15H20N2O3S/c1-8-7-21-14(16-8)12(9-2-3-9)17-13(18)10-4-5-11(6-10)15(19)20/h7,9-12H,2-6H2,1H3,(H,17,18)(H,19,20)/t10-,11+,12?/m1/s1. The number of carbonyl (C=O) groups excluding carboxylic acids is 1. The Labute approximate surface area is 127 Å². The van der Waals surface area contributed by atoms with Crippen LogP contribution in [0.3, 0.4) is 0 Å². The van der Waals surface area contributed by atoms with Crippen molar-refractivity contribution in [2.45, 2.75) is 45.1 Å². The van der Waals surface area contributed by atoms with E-state index in [2.05, 4.69) is 10.3 Å². The maximum atomic E-state index is 12.4. The van der Waals surface area contributed by atoms with Gasteiger partial charge in [0.25, 0.3) is 0 Å². The molecule has 1 aromatic rings. The van der Waals surface area contributed by atoms with Crippen LogP contribution in [-0.4, -0.2) is 22.0 Å². The Hall–Kier alpha value is -1.43. The molecule has 1 aromatic heterocycles. The largest absolute Gasteiger partial charge is 0.481 e.